The third kappa shape index (κ3) is 4.51. The normalized spacial score (nSPS) is 12.8. The molecule has 1 aliphatic rings. The zero-order chi connectivity index (χ0) is 24.5. The van der Waals surface area contributed by atoms with Crippen molar-refractivity contribution < 1.29 is 23.5 Å². The van der Waals surface area contributed by atoms with Gasteiger partial charge in [0.25, 0.3) is 11.8 Å². The van der Waals surface area contributed by atoms with Crippen molar-refractivity contribution in [1.82, 2.24) is 19.7 Å². The molecule has 176 valence electrons. The topological polar surface area (TPSA) is 155 Å². The molecule has 0 atom stereocenters. The van der Waals surface area contributed by atoms with Crippen LogP contribution >= 0.6 is 0 Å². The van der Waals surface area contributed by atoms with Crippen LogP contribution in [0.1, 0.15) is 55.8 Å². The number of nitrogens with two attached hydrogens (primary N) is 1. The standard InChI is InChI=1S/C24H20N6O5/c1-34-24(33)14-4-6-16(7-5-14)30-11-18(20(29-30)21(25)31)27-22(32)19-12-35-23(28-19)15-8-9-26-17(10-15)13-2-3-13/h4-13H,2-3H2,1H3,(H2,25,31)(H,27,32). The Morgan fingerprint density at radius 1 is 1.17 bits per heavy atom. The number of esters is 1. The number of primary amides is 1. The van der Waals surface area contributed by atoms with Gasteiger partial charge in [-0.25, -0.2) is 14.5 Å². The number of pyridine rings is 1. The lowest BCUT2D eigenvalue weighted by Gasteiger charge is -2.03. The summed E-state index contributed by atoms with van der Waals surface area (Å²) in [5, 5.41) is 6.78. The van der Waals surface area contributed by atoms with E-state index in [-0.39, 0.29) is 23.0 Å². The van der Waals surface area contributed by atoms with Crippen LogP contribution in [0.25, 0.3) is 17.1 Å². The summed E-state index contributed by atoms with van der Waals surface area (Å²) < 4.78 is 11.6. The second-order valence-electron chi connectivity index (χ2n) is 7.97. The number of carbonyl (C=O) groups is 3. The zero-order valence-electron chi connectivity index (χ0n) is 18.6. The summed E-state index contributed by atoms with van der Waals surface area (Å²) in [6, 6.07) is 10.0. The van der Waals surface area contributed by atoms with Gasteiger partial charge in [0.2, 0.25) is 5.89 Å². The van der Waals surface area contributed by atoms with E-state index in [9.17, 15) is 14.4 Å². The maximum absolute atomic E-state index is 12.8. The van der Waals surface area contributed by atoms with E-state index in [1.165, 1.54) is 24.3 Å². The van der Waals surface area contributed by atoms with E-state index in [0.717, 1.165) is 24.1 Å². The van der Waals surface area contributed by atoms with Crippen molar-refractivity contribution in [3.05, 3.63) is 77.7 Å². The molecule has 1 aromatic carbocycles. The number of aromatic nitrogens is 4. The van der Waals surface area contributed by atoms with Gasteiger partial charge in [0.15, 0.2) is 11.4 Å². The van der Waals surface area contributed by atoms with Crippen molar-refractivity contribution in [2.45, 2.75) is 18.8 Å². The predicted molar refractivity (Wildman–Crippen MR) is 123 cm³/mol. The Hall–Kier alpha value is -4.80. The van der Waals surface area contributed by atoms with Gasteiger partial charge in [-0.05, 0) is 49.2 Å². The molecule has 11 nitrogen and oxygen atoms in total. The molecule has 1 saturated carbocycles. The minimum Gasteiger partial charge on any atom is -0.465 e. The van der Waals surface area contributed by atoms with E-state index < -0.39 is 17.8 Å². The van der Waals surface area contributed by atoms with Gasteiger partial charge in [0, 0.05) is 23.4 Å². The Labute approximate surface area is 198 Å². The highest BCUT2D eigenvalue weighted by Gasteiger charge is 2.26. The van der Waals surface area contributed by atoms with Crippen LogP contribution in [-0.4, -0.2) is 44.6 Å². The largest absolute Gasteiger partial charge is 0.465 e. The molecule has 1 aliphatic carbocycles. The van der Waals surface area contributed by atoms with Crippen molar-refractivity contribution in [3.63, 3.8) is 0 Å². The summed E-state index contributed by atoms with van der Waals surface area (Å²) in [4.78, 5) is 45.1. The third-order valence-electron chi connectivity index (χ3n) is 5.51. The summed E-state index contributed by atoms with van der Waals surface area (Å²) >= 11 is 0. The van der Waals surface area contributed by atoms with Gasteiger partial charge in [-0.15, -0.1) is 0 Å². The van der Waals surface area contributed by atoms with Gasteiger partial charge in [0.1, 0.15) is 6.26 Å². The summed E-state index contributed by atoms with van der Waals surface area (Å²) in [5.41, 5.74) is 8.04. The molecule has 0 saturated heterocycles. The molecule has 4 aromatic rings. The van der Waals surface area contributed by atoms with E-state index in [1.54, 1.807) is 36.5 Å². The molecular formula is C24H20N6O5. The lowest BCUT2D eigenvalue weighted by Crippen LogP contribution is -2.18. The maximum atomic E-state index is 12.8. The number of methoxy groups -OCH3 is 1. The van der Waals surface area contributed by atoms with Gasteiger partial charge in [-0.2, -0.15) is 5.10 Å². The van der Waals surface area contributed by atoms with Crippen molar-refractivity contribution >= 4 is 23.5 Å². The second kappa shape index (κ2) is 8.86. The van der Waals surface area contributed by atoms with Gasteiger partial charge in [-0.3, -0.25) is 14.6 Å². The molecule has 3 heterocycles. The minimum absolute atomic E-state index is 0.0235. The Morgan fingerprint density at radius 2 is 1.94 bits per heavy atom. The van der Waals surface area contributed by atoms with Crippen molar-refractivity contribution in [2.24, 2.45) is 5.73 Å². The Kier molecular flexibility index (Phi) is 5.57. The van der Waals surface area contributed by atoms with Crippen LogP contribution in [-0.2, 0) is 4.74 Å². The fraction of sp³-hybridized carbons (Fsp3) is 0.167. The quantitative estimate of drug-likeness (QED) is 0.389. The third-order valence-corrected chi connectivity index (χ3v) is 5.51. The maximum Gasteiger partial charge on any atom is 0.337 e. The molecule has 0 unspecified atom stereocenters. The van der Waals surface area contributed by atoms with E-state index in [1.807, 2.05) is 6.07 Å². The average Bonchev–Trinajstić information content (AvgIpc) is 3.45. The van der Waals surface area contributed by atoms with E-state index >= 15 is 0 Å². The Morgan fingerprint density at radius 3 is 2.63 bits per heavy atom. The van der Waals surface area contributed by atoms with E-state index in [4.69, 9.17) is 10.2 Å². The van der Waals surface area contributed by atoms with Crippen molar-refractivity contribution in [1.29, 1.82) is 0 Å². The Balaban J connectivity index is 1.37. The molecule has 5 rings (SSSR count). The van der Waals surface area contributed by atoms with Gasteiger partial charge in [-0.1, -0.05) is 0 Å². The number of oxazole rings is 1. The monoisotopic (exact) mass is 472 g/mol. The molecule has 0 radical (unpaired) electrons. The molecule has 0 aliphatic heterocycles. The first-order valence-corrected chi connectivity index (χ1v) is 10.7. The molecule has 0 bridgehead atoms. The highest BCUT2D eigenvalue weighted by atomic mass is 16.5. The van der Waals surface area contributed by atoms with Crippen LogP contribution in [0.5, 0.6) is 0 Å². The Bertz CT molecular complexity index is 1430. The van der Waals surface area contributed by atoms with Crippen LogP contribution in [0.4, 0.5) is 5.69 Å². The van der Waals surface area contributed by atoms with Crippen molar-refractivity contribution in [2.75, 3.05) is 12.4 Å². The molecular weight excluding hydrogens is 452 g/mol. The predicted octanol–water partition coefficient (Wildman–Crippen LogP) is 2.94. The first-order valence-electron chi connectivity index (χ1n) is 10.7. The van der Waals surface area contributed by atoms with E-state index in [2.05, 4.69) is 25.1 Å². The first kappa shape index (κ1) is 22.0. The van der Waals surface area contributed by atoms with Crippen LogP contribution in [0.15, 0.2) is 59.5 Å². The number of anilines is 1. The SMILES string of the molecule is COC(=O)c1ccc(-n2cc(NC(=O)c3coc(-c4ccnc(C5CC5)c4)n3)c(C(N)=O)n2)cc1. The fourth-order valence-electron chi connectivity index (χ4n) is 3.53. The highest BCUT2D eigenvalue weighted by Crippen LogP contribution is 2.39. The number of hydrogen-bond acceptors (Lipinski definition) is 8. The fourth-order valence-corrected chi connectivity index (χ4v) is 3.53. The summed E-state index contributed by atoms with van der Waals surface area (Å²) in [5.74, 6) is -1.15. The molecule has 3 aromatic heterocycles. The number of nitrogens with one attached hydrogen (secondary N) is 1. The van der Waals surface area contributed by atoms with E-state index in [0.29, 0.717) is 17.2 Å². The lowest BCUT2D eigenvalue weighted by atomic mass is 10.2. The molecule has 11 heteroatoms. The first-order chi connectivity index (χ1) is 16.9. The van der Waals surface area contributed by atoms with Gasteiger partial charge in [0.05, 0.1) is 30.2 Å². The van der Waals surface area contributed by atoms with Crippen LogP contribution in [0.2, 0.25) is 0 Å². The molecule has 35 heavy (non-hydrogen) atoms. The number of rotatable bonds is 7. The average molecular weight is 472 g/mol. The molecule has 3 N–H and O–H groups in total. The summed E-state index contributed by atoms with van der Waals surface area (Å²) in [6.07, 6.45) is 6.60. The van der Waals surface area contributed by atoms with Gasteiger partial charge < -0.3 is 20.2 Å². The lowest BCUT2D eigenvalue weighted by molar-refractivity contribution is 0.0600. The second-order valence-corrected chi connectivity index (χ2v) is 7.97. The van der Waals surface area contributed by atoms with Crippen molar-refractivity contribution in [3.8, 4) is 17.1 Å². The summed E-state index contributed by atoms with van der Waals surface area (Å²) in [7, 11) is 1.29. The van der Waals surface area contributed by atoms with Crippen LogP contribution in [0.3, 0.4) is 0 Å². The number of amides is 2. The molecule has 1 fully saturated rings. The van der Waals surface area contributed by atoms with Gasteiger partial charge >= 0.3 is 5.97 Å². The zero-order valence-corrected chi connectivity index (χ0v) is 18.6. The molecule has 0 spiro atoms. The smallest absolute Gasteiger partial charge is 0.337 e. The molecule has 2 amide bonds. The number of hydrogen-bond donors (Lipinski definition) is 2. The minimum atomic E-state index is -0.824. The number of carbonyl (C=O) groups excluding carboxylic acids is 3. The number of nitrogens with zero attached hydrogens (tertiary/aromatic N) is 4. The highest BCUT2D eigenvalue weighted by molar-refractivity contribution is 6.07. The summed E-state index contributed by atoms with van der Waals surface area (Å²) in [6.45, 7) is 0. The number of ether oxygens (including phenoxy) is 1. The van der Waals surface area contributed by atoms with Crippen LogP contribution < -0.4 is 11.1 Å². The number of benzene rings is 1. The van der Waals surface area contributed by atoms with Crippen LogP contribution in [0, 0.1) is 0 Å².